The number of sulfone groups is 1. The van der Waals surface area contributed by atoms with Gasteiger partial charge in [0.2, 0.25) is 0 Å². The van der Waals surface area contributed by atoms with Crippen LogP contribution in [0.3, 0.4) is 0 Å². The maximum Gasteiger partial charge on any atom is 0.164 e. The molecule has 2 N–H and O–H groups in total. The molecule has 0 bridgehead atoms. The predicted molar refractivity (Wildman–Crippen MR) is 75.0 cm³/mol. The largest absolute Gasteiger partial charge is 0.326 e. The van der Waals surface area contributed by atoms with E-state index in [1.54, 1.807) is 11.8 Å². The number of nitrogens with zero attached hydrogens (tertiary/aromatic N) is 1. The minimum Gasteiger partial charge on any atom is -0.326 e. The van der Waals surface area contributed by atoms with Crippen LogP contribution in [0.1, 0.15) is 20.8 Å². The molecule has 1 aliphatic heterocycles. The first kappa shape index (κ1) is 15.3. The summed E-state index contributed by atoms with van der Waals surface area (Å²) >= 11 is 1.71. The molecule has 0 radical (unpaired) electrons. The highest BCUT2D eigenvalue weighted by Crippen LogP contribution is 2.24. The van der Waals surface area contributed by atoms with Gasteiger partial charge in [-0.1, -0.05) is 20.8 Å². The van der Waals surface area contributed by atoms with Crippen LogP contribution in [0.25, 0.3) is 0 Å². The molecule has 0 spiro atoms. The van der Waals surface area contributed by atoms with Crippen molar-refractivity contribution in [2.75, 3.05) is 30.9 Å². The Morgan fingerprint density at radius 2 is 2.06 bits per heavy atom. The normalized spacial score (nSPS) is 25.8. The van der Waals surface area contributed by atoms with Crippen molar-refractivity contribution in [2.24, 2.45) is 11.1 Å². The Bertz CT molecular complexity index is 349. The van der Waals surface area contributed by atoms with E-state index in [1.165, 1.54) is 6.26 Å². The molecule has 2 atom stereocenters. The maximum atomic E-state index is 11.7. The highest BCUT2D eigenvalue weighted by molar-refractivity contribution is 8.00. The van der Waals surface area contributed by atoms with Crippen molar-refractivity contribution in [1.29, 1.82) is 0 Å². The number of hydrogen-bond donors (Lipinski definition) is 1. The van der Waals surface area contributed by atoms with Crippen molar-refractivity contribution >= 4 is 21.6 Å². The minimum absolute atomic E-state index is 0.00477. The van der Waals surface area contributed by atoms with Crippen LogP contribution in [0.4, 0.5) is 0 Å². The zero-order valence-electron chi connectivity index (χ0n) is 11.1. The molecule has 1 aliphatic rings. The third-order valence-electron chi connectivity index (χ3n) is 3.23. The number of nitrogens with two attached hydrogens (primary N) is 1. The van der Waals surface area contributed by atoms with Gasteiger partial charge in [-0.2, -0.15) is 11.8 Å². The molecule has 4 nitrogen and oxygen atoms in total. The van der Waals surface area contributed by atoms with Crippen LogP contribution < -0.4 is 5.73 Å². The fourth-order valence-corrected chi connectivity index (χ4v) is 4.70. The lowest BCUT2D eigenvalue weighted by molar-refractivity contribution is 0.196. The van der Waals surface area contributed by atoms with E-state index in [9.17, 15) is 8.42 Å². The molecule has 0 amide bonds. The standard InChI is InChI=1S/C11H24N2O2S2/c1-11(2,3)9(12)7-13-5-6-16-8-10(13)17(4,14)15/h9-10H,5-8,12H2,1-4H3/t9-,10?/m0/s1. The molecule has 1 heterocycles. The molecule has 1 saturated heterocycles. The Labute approximate surface area is 109 Å². The zero-order valence-corrected chi connectivity index (χ0v) is 12.8. The molecule has 1 unspecified atom stereocenters. The summed E-state index contributed by atoms with van der Waals surface area (Å²) in [6.07, 6.45) is 1.32. The van der Waals surface area contributed by atoms with Gasteiger partial charge in [-0.3, -0.25) is 4.90 Å². The quantitative estimate of drug-likeness (QED) is 0.828. The van der Waals surface area contributed by atoms with Gasteiger partial charge >= 0.3 is 0 Å². The first-order valence-electron chi connectivity index (χ1n) is 5.88. The smallest absolute Gasteiger partial charge is 0.164 e. The van der Waals surface area contributed by atoms with Crippen molar-refractivity contribution in [3.63, 3.8) is 0 Å². The molecule has 0 aromatic carbocycles. The molecule has 0 saturated carbocycles. The van der Waals surface area contributed by atoms with Crippen LogP contribution in [0.15, 0.2) is 0 Å². The molecule has 1 fully saturated rings. The summed E-state index contributed by atoms with van der Waals surface area (Å²) in [6, 6.07) is -0.00477. The molecular formula is C11H24N2O2S2. The summed E-state index contributed by atoms with van der Waals surface area (Å²) in [5, 5.41) is -0.366. The lowest BCUT2D eigenvalue weighted by Crippen LogP contribution is -2.53. The summed E-state index contributed by atoms with van der Waals surface area (Å²) in [5.41, 5.74) is 6.15. The summed E-state index contributed by atoms with van der Waals surface area (Å²) in [6.45, 7) is 7.73. The highest BCUT2D eigenvalue weighted by atomic mass is 32.2. The van der Waals surface area contributed by atoms with Crippen molar-refractivity contribution in [1.82, 2.24) is 4.90 Å². The van der Waals surface area contributed by atoms with E-state index in [-0.39, 0.29) is 16.8 Å². The second-order valence-corrected chi connectivity index (χ2v) is 9.18. The zero-order chi connectivity index (χ0) is 13.3. The van der Waals surface area contributed by atoms with E-state index < -0.39 is 9.84 Å². The topological polar surface area (TPSA) is 63.4 Å². The molecule has 1 rings (SSSR count). The SMILES string of the molecule is CC(C)(C)[C@@H](N)CN1CCSCC1S(C)(=O)=O. The van der Waals surface area contributed by atoms with Gasteiger partial charge in [0.25, 0.3) is 0 Å². The number of thioether (sulfide) groups is 1. The Kier molecular flexibility index (Phi) is 4.91. The number of hydrogen-bond acceptors (Lipinski definition) is 5. The first-order chi connectivity index (χ1) is 7.62. The third kappa shape index (κ3) is 4.43. The summed E-state index contributed by atoms with van der Waals surface area (Å²) in [5.74, 6) is 1.65. The van der Waals surface area contributed by atoms with Crippen molar-refractivity contribution in [2.45, 2.75) is 32.2 Å². The van der Waals surface area contributed by atoms with Gasteiger partial charge in [0, 0.05) is 36.9 Å². The Morgan fingerprint density at radius 1 is 1.47 bits per heavy atom. The second kappa shape index (κ2) is 5.47. The van der Waals surface area contributed by atoms with Crippen LogP contribution in [0.5, 0.6) is 0 Å². The third-order valence-corrected chi connectivity index (χ3v) is 5.92. The first-order valence-corrected chi connectivity index (χ1v) is 8.99. The van der Waals surface area contributed by atoms with Crippen LogP contribution in [-0.2, 0) is 9.84 Å². The van der Waals surface area contributed by atoms with Gasteiger partial charge in [0.1, 0.15) is 5.37 Å². The van der Waals surface area contributed by atoms with Crippen LogP contribution in [0, 0.1) is 5.41 Å². The molecule has 6 heteroatoms. The minimum atomic E-state index is -3.02. The lowest BCUT2D eigenvalue weighted by Gasteiger charge is -2.38. The van der Waals surface area contributed by atoms with Crippen LogP contribution in [-0.4, -0.2) is 55.6 Å². The van der Waals surface area contributed by atoms with Crippen LogP contribution in [0.2, 0.25) is 0 Å². The Hall–Kier alpha value is 0.220. The molecule has 0 aromatic rings. The van der Waals surface area contributed by atoms with Crippen molar-refractivity contribution in [3.8, 4) is 0 Å². The van der Waals surface area contributed by atoms with Crippen molar-refractivity contribution < 1.29 is 8.42 Å². The average Bonchev–Trinajstić information content (AvgIpc) is 2.15. The van der Waals surface area contributed by atoms with E-state index in [4.69, 9.17) is 5.73 Å². The molecular weight excluding hydrogens is 256 g/mol. The van der Waals surface area contributed by atoms with Crippen molar-refractivity contribution in [3.05, 3.63) is 0 Å². The number of rotatable bonds is 3. The Balaban J connectivity index is 2.73. The van der Waals surface area contributed by atoms with Gasteiger partial charge in [0.05, 0.1) is 0 Å². The van der Waals surface area contributed by atoms with Gasteiger partial charge in [-0.05, 0) is 5.41 Å². The molecule has 17 heavy (non-hydrogen) atoms. The average molecular weight is 280 g/mol. The van der Waals surface area contributed by atoms with E-state index in [0.717, 1.165) is 12.3 Å². The molecule has 102 valence electrons. The fourth-order valence-electron chi connectivity index (χ4n) is 1.75. The van der Waals surface area contributed by atoms with Crippen LogP contribution >= 0.6 is 11.8 Å². The van der Waals surface area contributed by atoms with Gasteiger partial charge < -0.3 is 5.73 Å². The van der Waals surface area contributed by atoms with Gasteiger partial charge in [-0.15, -0.1) is 0 Å². The molecule has 0 aromatic heterocycles. The highest BCUT2D eigenvalue weighted by Gasteiger charge is 2.33. The Morgan fingerprint density at radius 3 is 2.53 bits per heavy atom. The fraction of sp³-hybridized carbons (Fsp3) is 1.00. The monoisotopic (exact) mass is 280 g/mol. The van der Waals surface area contributed by atoms with E-state index in [0.29, 0.717) is 12.3 Å². The second-order valence-electron chi connectivity index (χ2n) is 5.83. The van der Waals surface area contributed by atoms with E-state index >= 15 is 0 Å². The summed E-state index contributed by atoms with van der Waals surface area (Å²) in [7, 11) is -3.02. The van der Waals surface area contributed by atoms with Gasteiger partial charge in [-0.25, -0.2) is 8.42 Å². The maximum absolute atomic E-state index is 11.7. The summed E-state index contributed by atoms with van der Waals surface area (Å²) in [4.78, 5) is 2.03. The van der Waals surface area contributed by atoms with E-state index in [2.05, 4.69) is 20.8 Å². The van der Waals surface area contributed by atoms with E-state index in [1.807, 2.05) is 4.90 Å². The molecule has 0 aliphatic carbocycles. The predicted octanol–water partition coefficient (Wildman–Crippen LogP) is 0.779. The van der Waals surface area contributed by atoms with Gasteiger partial charge in [0.15, 0.2) is 9.84 Å². The lowest BCUT2D eigenvalue weighted by atomic mass is 9.87. The summed E-state index contributed by atoms with van der Waals surface area (Å²) < 4.78 is 23.5.